The monoisotopic (exact) mass is 435 g/mol. The van der Waals surface area contributed by atoms with Crippen molar-refractivity contribution >= 4 is 33.6 Å². The van der Waals surface area contributed by atoms with E-state index in [0.717, 1.165) is 17.1 Å². The molecule has 4 aromatic rings. The van der Waals surface area contributed by atoms with Crippen LogP contribution in [0.2, 0.25) is 0 Å². The third-order valence-electron chi connectivity index (χ3n) is 4.62. The lowest BCUT2D eigenvalue weighted by atomic mass is 10.2. The lowest BCUT2D eigenvalue weighted by Gasteiger charge is -2.10. The molecule has 2 aromatic carbocycles. The maximum atomic E-state index is 12.5. The summed E-state index contributed by atoms with van der Waals surface area (Å²) in [6.07, 6.45) is 0.762. The van der Waals surface area contributed by atoms with Crippen LogP contribution in [0, 0.1) is 0 Å². The van der Waals surface area contributed by atoms with Crippen molar-refractivity contribution in [2.45, 2.75) is 19.9 Å². The first kappa shape index (κ1) is 20.5. The van der Waals surface area contributed by atoms with E-state index in [-0.39, 0.29) is 11.5 Å². The molecule has 0 aliphatic heterocycles. The maximum absolute atomic E-state index is 12.5. The lowest BCUT2D eigenvalue weighted by Crippen LogP contribution is -2.17. The summed E-state index contributed by atoms with van der Waals surface area (Å²) in [4.78, 5) is 29.9. The molecule has 2 heterocycles. The van der Waals surface area contributed by atoms with Crippen molar-refractivity contribution in [3.8, 4) is 5.75 Å². The molecular formula is C22H21N5O3S. The highest BCUT2D eigenvalue weighted by molar-refractivity contribution is 7.16. The maximum Gasteiger partial charge on any atom is 0.275 e. The van der Waals surface area contributed by atoms with E-state index in [1.54, 1.807) is 31.4 Å². The minimum absolute atomic E-state index is 0.193. The SMILES string of the molecule is CCc1nn2c(=O)cc(CNc3ccc(C(=O)Nc4ccccc4OC)cc3)nc2s1. The summed E-state index contributed by atoms with van der Waals surface area (Å²) < 4.78 is 6.60. The molecule has 158 valence electrons. The predicted molar refractivity (Wildman–Crippen MR) is 121 cm³/mol. The van der Waals surface area contributed by atoms with E-state index in [1.165, 1.54) is 21.9 Å². The number of aromatic nitrogens is 3. The molecule has 0 saturated carbocycles. The fourth-order valence-electron chi connectivity index (χ4n) is 3.00. The number of para-hydroxylation sites is 2. The first-order chi connectivity index (χ1) is 15.1. The number of nitrogens with one attached hydrogen (secondary N) is 2. The molecule has 4 rings (SSSR count). The van der Waals surface area contributed by atoms with E-state index < -0.39 is 0 Å². The van der Waals surface area contributed by atoms with Crippen molar-refractivity contribution in [1.82, 2.24) is 14.6 Å². The third kappa shape index (κ3) is 4.56. The van der Waals surface area contributed by atoms with Gasteiger partial charge < -0.3 is 15.4 Å². The quantitative estimate of drug-likeness (QED) is 0.460. The molecule has 0 fully saturated rings. The van der Waals surface area contributed by atoms with Crippen molar-refractivity contribution in [1.29, 1.82) is 0 Å². The Kier molecular flexibility index (Phi) is 5.94. The second kappa shape index (κ2) is 8.97. The van der Waals surface area contributed by atoms with Crippen molar-refractivity contribution < 1.29 is 9.53 Å². The molecule has 9 heteroatoms. The van der Waals surface area contributed by atoms with Crippen LogP contribution in [-0.4, -0.2) is 27.6 Å². The smallest absolute Gasteiger partial charge is 0.275 e. The Bertz CT molecular complexity index is 1280. The molecule has 0 bridgehead atoms. The molecule has 0 saturated heterocycles. The first-order valence-corrected chi connectivity index (χ1v) is 10.6. The Balaban J connectivity index is 1.42. The van der Waals surface area contributed by atoms with E-state index >= 15 is 0 Å². The minimum Gasteiger partial charge on any atom is -0.495 e. The van der Waals surface area contributed by atoms with Gasteiger partial charge in [-0.2, -0.15) is 9.61 Å². The van der Waals surface area contributed by atoms with Gasteiger partial charge >= 0.3 is 0 Å². The third-order valence-corrected chi connectivity index (χ3v) is 5.67. The molecule has 0 atom stereocenters. The molecule has 2 N–H and O–H groups in total. The Morgan fingerprint density at radius 1 is 1.16 bits per heavy atom. The molecule has 0 aliphatic rings. The van der Waals surface area contributed by atoms with Crippen molar-refractivity contribution in [3.05, 3.63) is 81.2 Å². The molecule has 1 amide bonds. The Morgan fingerprint density at radius 2 is 1.94 bits per heavy atom. The van der Waals surface area contributed by atoms with Crippen LogP contribution >= 0.6 is 11.3 Å². The van der Waals surface area contributed by atoms with Crippen molar-refractivity contribution in [3.63, 3.8) is 0 Å². The van der Waals surface area contributed by atoms with Gasteiger partial charge in [0, 0.05) is 17.3 Å². The largest absolute Gasteiger partial charge is 0.495 e. The summed E-state index contributed by atoms with van der Waals surface area (Å²) in [5.74, 6) is 0.370. The van der Waals surface area contributed by atoms with E-state index in [0.29, 0.717) is 34.2 Å². The average Bonchev–Trinajstić information content (AvgIpc) is 3.22. The number of carbonyl (C=O) groups is 1. The number of hydrogen-bond donors (Lipinski definition) is 2. The van der Waals surface area contributed by atoms with Gasteiger partial charge in [0.05, 0.1) is 25.0 Å². The topological polar surface area (TPSA) is 97.6 Å². The molecule has 0 aliphatic carbocycles. The number of benzene rings is 2. The lowest BCUT2D eigenvalue weighted by molar-refractivity contribution is 0.102. The predicted octanol–water partition coefficient (Wildman–Crippen LogP) is 3.59. The van der Waals surface area contributed by atoms with Gasteiger partial charge in [-0.3, -0.25) is 9.59 Å². The van der Waals surface area contributed by atoms with Gasteiger partial charge in [-0.05, 0) is 42.8 Å². The molecule has 2 aromatic heterocycles. The van der Waals surface area contributed by atoms with E-state index in [1.807, 2.05) is 31.2 Å². The summed E-state index contributed by atoms with van der Waals surface area (Å²) in [6, 6.07) is 15.8. The van der Waals surface area contributed by atoms with Crippen LogP contribution in [-0.2, 0) is 13.0 Å². The zero-order valence-electron chi connectivity index (χ0n) is 17.1. The molecule has 0 spiro atoms. The number of carbonyl (C=O) groups excluding carboxylic acids is 1. The summed E-state index contributed by atoms with van der Waals surface area (Å²) in [5, 5.41) is 11.2. The number of anilines is 2. The number of ether oxygens (including phenoxy) is 1. The molecule has 8 nitrogen and oxygen atoms in total. The number of fused-ring (bicyclic) bond motifs is 1. The molecular weight excluding hydrogens is 414 g/mol. The van der Waals surface area contributed by atoms with Gasteiger partial charge in [-0.15, -0.1) is 0 Å². The van der Waals surface area contributed by atoms with Gasteiger partial charge in [-0.1, -0.05) is 30.4 Å². The zero-order chi connectivity index (χ0) is 21.8. The van der Waals surface area contributed by atoms with Crippen molar-refractivity contribution in [2.75, 3.05) is 17.7 Å². The fraction of sp³-hybridized carbons (Fsp3) is 0.182. The zero-order valence-corrected chi connectivity index (χ0v) is 17.9. The van der Waals surface area contributed by atoms with Crippen LogP contribution in [0.1, 0.15) is 28.0 Å². The number of rotatable bonds is 7. The van der Waals surface area contributed by atoms with Crippen LogP contribution in [0.5, 0.6) is 5.75 Å². The first-order valence-electron chi connectivity index (χ1n) is 9.74. The summed E-state index contributed by atoms with van der Waals surface area (Å²) in [6.45, 7) is 2.38. The van der Waals surface area contributed by atoms with Gasteiger partial charge in [0.2, 0.25) is 4.96 Å². The second-order valence-corrected chi connectivity index (χ2v) is 7.76. The Labute approximate surface area is 182 Å². The van der Waals surface area contributed by atoms with Crippen LogP contribution in [0.3, 0.4) is 0 Å². The summed E-state index contributed by atoms with van der Waals surface area (Å²) in [5.41, 5.74) is 2.38. The van der Waals surface area contributed by atoms with Gasteiger partial charge in [0.15, 0.2) is 0 Å². The number of nitrogens with zero attached hydrogens (tertiary/aromatic N) is 3. The normalized spacial score (nSPS) is 10.8. The summed E-state index contributed by atoms with van der Waals surface area (Å²) in [7, 11) is 1.56. The number of aryl methyl sites for hydroxylation is 1. The van der Waals surface area contributed by atoms with Gasteiger partial charge in [0.25, 0.3) is 11.5 Å². The Hall–Kier alpha value is -3.72. The molecule has 0 unspecified atom stereocenters. The molecule has 31 heavy (non-hydrogen) atoms. The van der Waals surface area contributed by atoms with E-state index in [4.69, 9.17) is 4.74 Å². The standard InChI is InChI=1S/C22H21N5O3S/c1-3-19-26-27-20(28)12-16(24-22(27)31-19)13-23-15-10-8-14(9-11-15)21(29)25-17-6-4-5-7-18(17)30-2/h4-12,23H,3,13H2,1-2H3,(H,25,29). The second-order valence-electron chi connectivity index (χ2n) is 6.71. The summed E-state index contributed by atoms with van der Waals surface area (Å²) >= 11 is 1.42. The highest BCUT2D eigenvalue weighted by Crippen LogP contribution is 2.24. The van der Waals surface area contributed by atoms with Gasteiger partial charge in [0.1, 0.15) is 10.8 Å². The minimum atomic E-state index is -0.229. The highest BCUT2D eigenvalue weighted by Gasteiger charge is 2.10. The van der Waals surface area contributed by atoms with Crippen LogP contribution in [0.4, 0.5) is 11.4 Å². The van der Waals surface area contributed by atoms with E-state index in [2.05, 4.69) is 20.7 Å². The van der Waals surface area contributed by atoms with Gasteiger partial charge in [-0.25, -0.2) is 4.98 Å². The number of hydrogen-bond acceptors (Lipinski definition) is 7. The van der Waals surface area contributed by atoms with Crippen molar-refractivity contribution in [2.24, 2.45) is 0 Å². The number of methoxy groups -OCH3 is 1. The molecule has 0 radical (unpaired) electrons. The average molecular weight is 436 g/mol. The van der Waals surface area contributed by atoms with E-state index in [9.17, 15) is 9.59 Å². The Morgan fingerprint density at radius 3 is 2.68 bits per heavy atom. The highest BCUT2D eigenvalue weighted by atomic mass is 32.1. The number of amides is 1. The van der Waals surface area contributed by atoms with Crippen LogP contribution < -0.4 is 20.9 Å². The van der Waals surface area contributed by atoms with Crippen LogP contribution in [0.15, 0.2) is 59.4 Å². The van der Waals surface area contributed by atoms with Crippen LogP contribution in [0.25, 0.3) is 4.96 Å². The fourth-order valence-corrected chi connectivity index (χ4v) is 3.86.